The van der Waals surface area contributed by atoms with Crippen LogP contribution < -0.4 is 10.9 Å². The van der Waals surface area contributed by atoms with Crippen LogP contribution in [0.25, 0.3) is 11.2 Å². The van der Waals surface area contributed by atoms with Crippen LogP contribution in [0.5, 0.6) is 0 Å². The first-order valence-corrected chi connectivity index (χ1v) is 11.6. The van der Waals surface area contributed by atoms with E-state index in [-0.39, 0.29) is 34.1 Å². The van der Waals surface area contributed by atoms with Crippen LogP contribution in [0.3, 0.4) is 0 Å². The van der Waals surface area contributed by atoms with Gasteiger partial charge in [-0.2, -0.15) is 0 Å². The largest absolute Gasteiger partial charge is 0.393 e. The van der Waals surface area contributed by atoms with Crippen molar-refractivity contribution < 1.29 is 18.3 Å². The number of hydrogen-bond donors (Lipinski definition) is 2. The van der Waals surface area contributed by atoms with Crippen molar-refractivity contribution in [2.24, 2.45) is 17.7 Å². The molecule has 3 aromatic rings. The number of fused-ring (bicyclic) bond motifs is 1. The van der Waals surface area contributed by atoms with Crippen LogP contribution in [0.2, 0.25) is 0 Å². The summed E-state index contributed by atoms with van der Waals surface area (Å²) in [4.78, 5) is 21.6. The van der Waals surface area contributed by atoms with Gasteiger partial charge in [0.15, 0.2) is 11.5 Å². The lowest BCUT2D eigenvalue weighted by molar-refractivity contribution is -0.123. The molecule has 0 saturated heterocycles. The molecule has 31 heavy (non-hydrogen) atoms. The third-order valence-corrected chi connectivity index (χ3v) is 7.60. The number of nitrogens with two attached hydrogens (primary N) is 1. The minimum Gasteiger partial charge on any atom is -0.393 e. The second-order valence-electron chi connectivity index (χ2n) is 7.97. The highest BCUT2D eigenvalue weighted by molar-refractivity contribution is 7.90. The van der Waals surface area contributed by atoms with Gasteiger partial charge in [0.25, 0.3) is 10.0 Å². The van der Waals surface area contributed by atoms with Gasteiger partial charge in [0.1, 0.15) is 5.52 Å². The average Bonchev–Trinajstić information content (AvgIpc) is 3.36. The van der Waals surface area contributed by atoms with E-state index in [0.29, 0.717) is 18.4 Å². The fourth-order valence-corrected chi connectivity index (χ4v) is 5.45. The summed E-state index contributed by atoms with van der Waals surface area (Å²) in [5.41, 5.74) is 1.40. The first kappa shape index (κ1) is 21.4. The van der Waals surface area contributed by atoms with E-state index in [9.17, 15) is 18.3 Å². The highest BCUT2D eigenvalue weighted by atomic mass is 32.2. The fraction of sp³-hybridized carbons (Fsp3) is 0.381. The molecule has 1 amide bonds. The van der Waals surface area contributed by atoms with Crippen LogP contribution in [0.15, 0.2) is 47.6 Å². The third-order valence-electron chi connectivity index (χ3n) is 5.92. The van der Waals surface area contributed by atoms with Crippen molar-refractivity contribution in [3.63, 3.8) is 0 Å². The first-order valence-electron chi connectivity index (χ1n) is 10.2. The Kier molecular flexibility index (Phi) is 5.54. The molecule has 1 saturated carbocycles. The lowest BCUT2D eigenvalue weighted by Gasteiger charge is -2.22. The second-order valence-corrected chi connectivity index (χ2v) is 9.79. The molecule has 3 atom stereocenters. The maximum atomic E-state index is 13.0. The quantitative estimate of drug-likeness (QED) is 0.350. The van der Waals surface area contributed by atoms with E-state index in [2.05, 4.69) is 9.97 Å². The number of carbonyl (C=O) groups is 1. The Morgan fingerprint density at radius 3 is 2.65 bits per heavy atom. The number of aliphatic hydroxyl groups is 1. The topological polar surface area (TPSA) is 131 Å². The first-order chi connectivity index (χ1) is 14.7. The van der Waals surface area contributed by atoms with Crippen LogP contribution in [-0.4, -0.2) is 39.5 Å². The monoisotopic (exact) mass is 443 g/mol. The van der Waals surface area contributed by atoms with Gasteiger partial charge in [-0.05, 0) is 43.9 Å². The molecule has 1 fully saturated rings. The number of rotatable bonds is 5. The summed E-state index contributed by atoms with van der Waals surface area (Å²) in [6.07, 6.45) is 3.87. The van der Waals surface area contributed by atoms with E-state index in [0.717, 1.165) is 21.0 Å². The normalized spacial score (nSPS) is 21.5. The molecule has 10 heteroatoms. The van der Waals surface area contributed by atoms with Gasteiger partial charge < -0.3 is 5.11 Å². The predicted octanol–water partition coefficient (Wildman–Crippen LogP) is 1.98. The molecule has 0 radical (unpaired) electrons. The van der Waals surface area contributed by atoms with E-state index in [1.807, 2.05) is 13.8 Å². The standard InChI is InChI=1S/C21H25N5O4S/c1-3-14-10-15(27)11-17(14)21(28)26(22)19-12-23-20-18(24-19)8-9-25(20)31(29,30)16-6-4-13(2)5-7-16/h4-9,12,14-15,17,27H,3,10-11,22H2,1-2H3/t14-,15+,17+/m1/s1. The predicted molar refractivity (Wildman–Crippen MR) is 115 cm³/mol. The van der Waals surface area contributed by atoms with Gasteiger partial charge in [0, 0.05) is 12.1 Å². The molecule has 1 aliphatic carbocycles. The molecule has 164 valence electrons. The molecule has 9 nitrogen and oxygen atoms in total. The Morgan fingerprint density at radius 1 is 1.26 bits per heavy atom. The number of aliphatic hydroxyl groups excluding tert-OH is 1. The minimum absolute atomic E-state index is 0.0611. The van der Waals surface area contributed by atoms with Crippen LogP contribution in [0.4, 0.5) is 5.82 Å². The molecule has 0 bridgehead atoms. The van der Waals surface area contributed by atoms with E-state index < -0.39 is 16.1 Å². The molecule has 4 rings (SSSR count). The average molecular weight is 444 g/mol. The number of anilines is 1. The molecular formula is C21H25N5O4S. The zero-order valence-electron chi connectivity index (χ0n) is 17.3. The van der Waals surface area contributed by atoms with Crippen LogP contribution in [0.1, 0.15) is 31.7 Å². The molecule has 0 unspecified atom stereocenters. The number of hydrogen-bond acceptors (Lipinski definition) is 7. The van der Waals surface area contributed by atoms with Crippen molar-refractivity contribution in [2.75, 3.05) is 5.01 Å². The van der Waals surface area contributed by atoms with Gasteiger partial charge in [0.05, 0.1) is 17.2 Å². The summed E-state index contributed by atoms with van der Waals surface area (Å²) in [5.74, 6) is 5.52. The van der Waals surface area contributed by atoms with Crippen LogP contribution >= 0.6 is 0 Å². The summed E-state index contributed by atoms with van der Waals surface area (Å²) in [7, 11) is -3.84. The molecule has 1 aromatic carbocycles. The highest BCUT2D eigenvalue weighted by Gasteiger charge is 2.39. The molecule has 1 aliphatic rings. The van der Waals surface area contributed by atoms with Crippen molar-refractivity contribution in [2.45, 2.75) is 44.1 Å². The fourth-order valence-electron chi connectivity index (χ4n) is 4.15. The maximum absolute atomic E-state index is 13.0. The van der Waals surface area contributed by atoms with Crippen molar-refractivity contribution in [3.05, 3.63) is 48.3 Å². The maximum Gasteiger partial charge on any atom is 0.269 e. The number of aryl methyl sites for hydroxylation is 1. The van der Waals surface area contributed by atoms with Crippen LogP contribution in [-0.2, 0) is 14.8 Å². The van der Waals surface area contributed by atoms with Crippen molar-refractivity contribution in [1.82, 2.24) is 13.9 Å². The van der Waals surface area contributed by atoms with Crippen LogP contribution in [0, 0.1) is 18.8 Å². The Balaban J connectivity index is 1.64. The molecule has 2 aromatic heterocycles. The Bertz CT molecular complexity index is 1220. The van der Waals surface area contributed by atoms with Gasteiger partial charge in [0.2, 0.25) is 5.91 Å². The molecule has 0 aliphatic heterocycles. The van der Waals surface area contributed by atoms with Crippen molar-refractivity contribution in [1.29, 1.82) is 0 Å². The Morgan fingerprint density at radius 2 is 1.97 bits per heavy atom. The lowest BCUT2D eigenvalue weighted by Crippen LogP contribution is -2.43. The molecule has 0 spiro atoms. The summed E-state index contributed by atoms with van der Waals surface area (Å²) < 4.78 is 27.1. The van der Waals surface area contributed by atoms with Crippen molar-refractivity contribution >= 4 is 32.9 Å². The highest BCUT2D eigenvalue weighted by Crippen LogP contribution is 2.35. The summed E-state index contributed by atoms with van der Waals surface area (Å²) >= 11 is 0. The van der Waals surface area contributed by atoms with Gasteiger partial charge in [-0.25, -0.2) is 33.2 Å². The number of aromatic nitrogens is 3. The van der Waals surface area contributed by atoms with Crippen molar-refractivity contribution in [3.8, 4) is 0 Å². The SMILES string of the molecule is CC[C@@H]1C[C@H](O)C[C@@H]1C(=O)N(N)c1cnc2c(ccn2S(=O)(=O)c2ccc(C)cc2)n1. The van der Waals surface area contributed by atoms with Gasteiger partial charge in [-0.15, -0.1) is 0 Å². The molecule has 2 heterocycles. The third kappa shape index (κ3) is 3.82. The summed E-state index contributed by atoms with van der Waals surface area (Å²) in [6, 6.07) is 8.05. The van der Waals surface area contributed by atoms with Gasteiger partial charge in [-0.1, -0.05) is 31.0 Å². The number of carbonyl (C=O) groups excluding carboxylic acids is 1. The van der Waals surface area contributed by atoms with E-state index in [1.165, 1.54) is 18.5 Å². The van der Waals surface area contributed by atoms with Gasteiger partial charge in [-0.3, -0.25) is 4.79 Å². The van der Waals surface area contributed by atoms with Gasteiger partial charge >= 0.3 is 0 Å². The Labute approximate surface area is 180 Å². The summed E-state index contributed by atoms with van der Waals surface area (Å²) in [6.45, 7) is 3.86. The number of amides is 1. The molecule has 3 N–H and O–H groups in total. The summed E-state index contributed by atoms with van der Waals surface area (Å²) in [5, 5.41) is 10.9. The molecular weight excluding hydrogens is 418 g/mol. The zero-order valence-corrected chi connectivity index (χ0v) is 18.2. The smallest absolute Gasteiger partial charge is 0.269 e. The van der Waals surface area contributed by atoms with E-state index in [4.69, 9.17) is 5.84 Å². The second kappa shape index (κ2) is 8.03. The Hall–Kier alpha value is -2.82. The number of benzene rings is 1. The lowest BCUT2D eigenvalue weighted by atomic mass is 9.93. The minimum atomic E-state index is -3.84. The van der Waals surface area contributed by atoms with E-state index >= 15 is 0 Å². The zero-order chi connectivity index (χ0) is 22.3. The number of hydrazine groups is 1. The van der Waals surface area contributed by atoms with E-state index in [1.54, 1.807) is 24.3 Å². The number of nitrogens with zero attached hydrogens (tertiary/aromatic N) is 4.